The molecule has 208 valence electrons. The molecular weight excluding hydrogens is 533 g/mol. The van der Waals surface area contributed by atoms with Crippen LogP contribution >= 0.6 is 19.2 Å². The Bertz CT molecular complexity index is 1140. The van der Waals surface area contributed by atoms with E-state index in [9.17, 15) is 24.1 Å². The first-order valence-electron chi connectivity index (χ1n) is 12.6. The fraction of sp³-hybridized carbons (Fsp3) is 0.520. The molecule has 1 aliphatic rings. The molecule has 1 aromatic carbocycles. The number of aromatic nitrogens is 1. The third-order valence-corrected chi connectivity index (χ3v) is 7.79. The largest absolute Gasteiger partial charge is 0.524 e. The number of amides is 2. The van der Waals surface area contributed by atoms with Crippen molar-refractivity contribution in [1.29, 1.82) is 0 Å². The van der Waals surface area contributed by atoms with E-state index < -0.39 is 37.7 Å². The second-order valence-corrected chi connectivity index (χ2v) is 11.6. The number of carboxylic acid groups (broad SMARTS) is 1. The van der Waals surface area contributed by atoms with E-state index in [4.69, 9.17) is 14.8 Å². The normalized spacial score (nSPS) is 15.9. The Morgan fingerprint density at radius 1 is 1.13 bits per heavy atom. The summed E-state index contributed by atoms with van der Waals surface area (Å²) in [6.45, 7) is 1.29. The number of rotatable bonds is 13. The van der Waals surface area contributed by atoms with Gasteiger partial charge in [-0.3, -0.25) is 24.2 Å². The Labute approximate surface area is 225 Å². The molecule has 5 N–H and O–H groups in total. The van der Waals surface area contributed by atoms with Crippen LogP contribution in [0.5, 0.6) is 5.75 Å². The predicted molar refractivity (Wildman–Crippen MR) is 141 cm³/mol. The van der Waals surface area contributed by atoms with Crippen LogP contribution in [0.3, 0.4) is 0 Å². The minimum Gasteiger partial charge on any atom is -0.481 e. The second-order valence-electron chi connectivity index (χ2n) is 9.56. The van der Waals surface area contributed by atoms with Gasteiger partial charge in [-0.2, -0.15) is 0 Å². The van der Waals surface area contributed by atoms with Crippen LogP contribution in [-0.4, -0.2) is 43.7 Å². The number of hydrogen-bond donors (Lipinski definition) is 5. The van der Waals surface area contributed by atoms with Crippen molar-refractivity contribution in [3.05, 3.63) is 45.9 Å². The third-order valence-electron chi connectivity index (χ3n) is 6.34. The Kier molecular flexibility index (Phi) is 10.8. The molecule has 1 fully saturated rings. The van der Waals surface area contributed by atoms with Crippen LogP contribution in [0.25, 0.3) is 0 Å². The maximum atomic E-state index is 13.3. The molecule has 1 aromatic heterocycles. The van der Waals surface area contributed by atoms with Gasteiger partial charge in [0.1, 0.15) is 16.8 Å². The zero-order chi connectivity index (χ0) is 27.7. The standard InChI is InChI=1S/C25H34N3O8PS/c1-16(29)26-22(14-18-7-9-20(10-8-18)36-37(33,34)35)24(32)28-21(11-12-23(30)31)25-27-19(15-38-25)13-17-5-3-2-4-6-17/h7-10,15,17,21-22H,2-6,11-14H2,1H3,(H,26,29)(H,28,32)(H,30,31)(H2,33,34,35)/t21-,22-/m0/s1. The molecule has 1 aliphatic carbocycles. The first-order valence-corrected chi connectivity index (χ1v) is 15.0. The van der Waals surface area contributed by atoms with E-state index in [-0.39, 0.29) is 25.0 Å². The number of phosphoric acid groups is 1. The van der Waals surface area contributed by atoms with Gasteiger partial charge >= 0.3 is 13.8 Å². The van der Waals surface area contributed by atoms with Crippen LogP contribution in [-0.2, 0) is 31.8 Å². The summed E-state index contributed by atoms with van der Waals surface area (Å²) in [7, 11) is -4.70. The van der Waals surface area contributed by atoms with Gasteiger partial charge in [0.05, 0.1) is 11.7 Å². The van der Waals surface area contributed by atoms with Gasteiger partial charge in [0.25, 0.3) is 0 Å². The van der Waals surface area contributed by atoms with Gasteiger partial charge in [0, 0.05) is 25.1 Å². The minimum absolute atomic E-state index is 0.0378. The van der Waals surface area contributed by atoms with Crippen molar-refractivity contribution in [2.24, 2.45) is 5.92 Å². The molecule has 1 saturated carbocycles. The van der Waals surface area contributed by atoms with Crippen LogP contribution in [0.2, 0.25) is 0 Å². The molecule has 0 radical (unpaired) electrons. The highest BCUT2D eigenvalue weighted by Gasteiger charge is 2.26. The Morgan fingerprint density at radius 2 is 1.82 bits per heavy atom. The van der Waals surface area contributed by atoms with Crippen molar-refractivity contribution in [3.63, 3.8) is 0 Å². The van der Waals surface area contributed by atoms with Gasteiger partial charge < -0.3 is 20.3 Å². The average Bonchev–Trinajstić information content (AvgIpc) is 3.30. The summed E-state index contributed by atoms with van der Waals surface area (Å²) in [5.74, 6) is -1.34. The van der Waals surface area contributed by atoms with Crippen LogP contribution in [0.4, 0.5) is 0 Å². The van der Waals surface area contributed by atoms with E-state index >= 15 is 0 Å². The Hall–Kier alpha value is -2.79. The van der Waals surface area contributed by atoms with Crippen LogP contribution < -0.4 is 15.2 Å². The number of nitrogens with zero attached hydrogens (tertiary/aromatic N) is 1. The van der Waals surface area contributed by atoms with Crippen LogP contribution in [0.15, 0.2) is 29.6 Å². The van der Waals surface area contributed by atoms with E-state index in [0.717, 1.165) is 12.1 Å². The summed E-state index contributed by atoms with van der Waals surface area (Å²) < 4.78 is 15.6. The lowest BCUT2D eigenvalue weighted by molar-refractivity contribution is -0.137. The molecule has 0 bridgehead atoms. The summed E-state index contributed by atoms with van der Waals surface area (Å²) in [5, 5.41) is 17.3. The van der Waals surface area contributed by atoms with Gasteiger partial charge in [-0.05, 0) is 36.5 Å². The SMILES string of the molecule is CC(=O)N[C@@H](Cc1ccc(OP(=O)(O)O)cc1)C(=O)N[C@@H](CCC(=O)O)c1nc(CC2CCCCC2)cs1. The molecule has 38 heavy (non-hydrogen) atoms. The molecule has 0 saturated heterocycles. The van der Waals surface area contributed by atoms with Crippen molar-refractivity contribution < 1.29 is 38.4 Å². The Morgan fingerprint density at radius 3 is 2.42 bits per heavy atom. The van der Waals surface area contributed by atoms with E-state index in [1.807, 2.05) is 5.38 Å². The Balaban J connectivity index is 1.71. The molecule has 0 spiro atoms. The molecule has 0 aliphatic heterocycles. The van der Waals surface area contributed by atoms with Crippen LogP contribution in [0.1, 0.15) is 74.2 Å². The fourth-order valence-corrected chi connectivity index (χ4v) is 5.89. The lowest BCUT2D eigenvalue weighted by Gasteiger charge is -2.22. The quantitative estimate of drug-likeness (QED) is 0.227. The molecule has 2 atom stereocenters. The van der Waals surface area contributed by atoms with Crippen molar-refractivity contribution in [3.8, 4) is 5.75 Å². The molecular formula is C25H34N3O8PS. The van der Waals surface area contributed by atoms with Gasteiger partial charge in [-0.15, -0.1) is 11.3 Å². The average molecular weight is 568 g/mol. The summed E-state index contributed by atoms with van der Waals surface area (Å²) in [5.41, 5.74) is 1.56. The molecule has 2 amide bonds. The highest BCUT2D eigenvalue weighted by molar-refractivity contribution is 7.46. The van der Waals surface area contributed by atoms with Crippen LogP contribution in [0, 0.1) is 5.92 Å². The molecule has 3 rings (SSSR count). The summed E-state index contributed by atoms with van der Waals surface area (Å²) in [6, 6.07) is 4.20. The summed E-state index contributed by atoms with van der Waals surface area (Å²) in [6.07, 6.45) is 7.03. The summed E-state index contributed by atoms with van der Waals surface area (Å²) >= 11 is 1.39. The maximum Gasteiger partial charge on any atom is 0.524 e. The van der Waals surface area contributed by atoms with Crippen molar-refractivity contribution in [1.82, 2.24) is 15.6 Å². The highest BCUT2D eigenvalue weighted by atomic mass is 32.1. The van der Waals surface area contributed by atoms with Gasteiger partial charge in [0.2, 0.25) is 11.8 Å². The number of phosphoric ester groups is 1. The zero-order valence-corrected chi connectivity index (χ0v) is 22.9. The number of carbonyl (C=O) groups is 3. The van der Waals surface area contributed by atoms with E-state index in [2.05, 4.69) is 15.2 Å². The molecule has 2 aromatic rings. The van der Waals surface area contributed by atoms with Crippen molar-refractivity contribution >= 4 is 36.9 Å². The highest BCUT2D eigenvalue weighted by Crippen LogP contribution is 2.37. The lowest BCUT2D eigenvalue weighted by atomic mass is 9.86. The maximum absolute atomic E-state index is 13.3. The number of carbonyl (C=O) groups excluding carboxylic acids is 2. The minimum atomic E-state index is -4.70. The third kappa shape index (κ3) is 10.2. The summed E-state index contributed by atoms with van der Waals surface area (Å²) in [4.78, 5) is 59.0. The van der Waals surface area contributed by atoms with Gasteiger partial charge in [-0.25, -0.2) is 9.55 Å². The van der Waals surface area contributed by atoms with Crippen molar-refractivity contribution in [2.45, 2.75) is 76.8 Å². The number of hydrogen-bond acceptors (Lipinski definition) is 7. The van der Waals surface area contributed by atoms with E-state index in [1.54, 1.807) is 0 Å². The van der Waals surface area contributed by atoms with E-state index in [1.165, 1.54) is 74.6 Å². The molecule has 11 nitrogen and oxygen atoms in total. The molecule has 13 heteroatoms. The first kappa shape index (κ1) is 29.8. The lowest BCUT2D eigenvalue weighted by Crippen LogP contribution is -2.48. The predicted octanol–water partition coefficient (Wildman–Crippen LogP) is 3.51. The van der Waals surface area contributed by atoms with E-state index in [0.29, 0.717) is 16.5 Å². The van der Waals surface area contributed by atoms with Crippen molar-refractivity contribution in [2.75, 3.05) is 0 Å². The number of aliphatic carboxylic acids is 1. The molecule has 0 unspecified atom stereocenters. The number of carboxylic acids is 1. The smallest absolute Gasteiger partial charge is 0.481 e. The van der Waals surface area contributed by atoms with Gasteiger partial charge in [0.15, 0.2) is 0 Å². The topological polar surface area (TPSA) is 175 Å². The monoisotopic (exact) mass is 567 g/mol. The second kappa shape index (κ2) is 13.8. The van der Waals surface area contributed by atoms with Gasteiger partial charge in [-0.1, -0.05) is 44.2 Å². The zero-order valence-electron chi connectivity index (χ0n) is 21.2. The molecule has 1 heterocycles. The number of nitrogens with one attached hydrogen (secondary N) is 2. The number of thiazole rings is 1. The number of benzene rings is 1. The fourth-order valence-electron chi connectivity index (χ4n) is 4.58. The first-order chi connectivity index (χ1) is 18.0.